The van der Waals surface area contributed by atoms with Crippen LogP contribution in [0.25, 0.3) is 5.69 Å². The van der Waals surface area contributed by atoms with Crippen LogP contribution in [-0.2, 0) is 11.3 Å². The van der Waals surface area contributed by atoms with Crippen LogP contribution < -0.4 is 0 Å². The van der Waals surface area contributed by atoms with Crippen molar-refractivity contribution >= 4 is 29.0 Å². The third-order valence-electron chi connectivity index (χ3n) is 3.43. The molecule has 0 saturated carbocycles. The zero-order chi connectivity index (χ0) is 16.8. The molecule has 2 aromatic heterocycles. The van der Waals surface area contributed by atoms with Gasteiger partial charge in [0, 0.05) is 11.4 Å². The van der Waals surface area contributed by atoms with Crippen LogP contribution in [-0.4, -0.2) is 43.3 Å². The average molecular weight is 359 g/mol. The van der Waals surface area contributed by atoms with Gasteiger partial charge in [-0.1, -0.05) is 36.0 Å². The lowest BCUT2D eigenvalue weighted by Gasteiger charge is -2.19. The Morgan fingerprint density at radius 2 is 2.08 bits per heavy atom. The van der Waals surface area contributed by atoms with Crippen LogP contribution in [0.1, 0.15) is 11.8 Å². The monoisotopic (exact) mass is 359 g/mol. The molecule has 0 aliphatic heterocycles. The van der Waals surface area contributed by atoms with Crippen molar-refractivity contribution in [1.82, 2.24) is 25.1 Å². The molecule has 24 heavy (non-hydrogen) atoms. The molecule has 3 rings (SSSR count). The van der Waals surface area contributed by atoms with Gasteiger partial charge in [0.1, 0.15) is 0 Å². The van der Waals surface area contributed by atoms with Crippen molar-refractivity contribution in [3.05, 3.63) is 52.7 Å². The highest BCUT2D eigenvalue weighted by Crippen LogP contribution is 2.19. The molecule has 0 atom stereocenters. The second-order valence-corrected chi connectivity index (χ2v) is 6.96. The minimum atomic E-state index is 0.0820. The highest BCUT2D eigenvalue weighted by atomic mass is 32.2. The molecule has 0 radical (unpaired) electrons. The topological polar surface area (TPSA) is 63.9 Å². The molecule has 2 heterocycles. The van der Waals surface area contributed by atoms with E-state index >= 15 is 0 Å². The van der Waals surface area contributed by atoms with Crippen LogP contribution in [0.4, 0.5) is 0 Å². The van der Waals surface area contributed by atoms with Crippen molar-refractivity contribution < 1.29 is 4.79 Å². The van der Waals surface area contributed by atoms with E-state index in [-0.39, 0.29) is 5.91 Å². The number of hydrogen-bond donors (Lipinski definition) is 0. The normalized spacial score (nSPS) is 10.7. The summed E-state index contributed by atoms with van der Waals surface area (Å²) in [5, 5.41) is 14.4. The van der Waals surface area contributed by atoms with E-state index in [0.717, 1.165) is 5.69 Å². The lowest BCUT2D eigenvalue weighted by atomic mass is 10.3. The maximum absolute atomic E-state index is 12.5. The Kier molecular flexibility index (Phi) is 5.60. The second kappa shape index (κ2) is 8.07. The van der Waals surface area contributed by atoms with E-state index in [0.29, 0.717) is 24.0 Å². The van der Waals surface area contributed by atoms with Crippen molar-refractivity contribution in [2.24, 2.45) is 0 Å². The molecule has 124 valence electrons. The molecule has 0 bridgehead atoms. The lowest BCUT2D eigenvalue weighted by Crippen LogP contribution is -2.31. The maximum Gasteiger partial charge on any atom is 0.233 e. The predicted octanol–water partition coefficient (Wildman–Crippen LogP) is 2.86. The second-order valence-electron chi connectivity index (χ2n) is 4.98. The molecule has 0 spiro atoms. The number of carbonyl (C=O) groups is 1. The van der Waals surface area contributed by atoms with Crippen LogP contribution in [0.2, 0.25) is 0 Å². The summed E-state index contributed by atoms with van der Waals surface area (Å²) in [6.45, 7) is 3.32. The number of para-hydroxylation sites is 1. The zero-order valence-electron chi connectivity index (χ0n) is 13.2. The highest BCUT2D eigenvalue weighted by Gasteiger charge is 2.16. The summed E-state index contributed by atoms with van der Waals surface area (Å²) in [7, 11) is 0. The van der Waals surface area contributed by atoms with Crippen LogP contribution in [0.15, 0.2) is 53.0 Å². The Labute approximate surface area is 148 Å². The van der Waals surface area contributed by atoms with Gasteiger partial charge < -0.3 is 4.90 Å². The van der Waals surface area contributed by atoms with Crippen molar-refractivity contribution in [1.29, 1.82) is 0 Å². The Morgan fingerprint density at radius 1 is 1.25 bits per heavy atom. The van der Waals surface area contributed by atoms with Gasteiger partial charge in [0.25, 0.3) is 0 Å². The van der Waals surface area contributed by atoms with Gasteiger partial charge in [-0.15, -0.1) is 16.4 Å². The van der Waals surface area contributed by atoms with Gasteiger partial charge in [0.05, 0.1) is 18.0 Å². The van der Waals surface area contributed by atoms with Crippen molar-refractivity contribution in [2.75, 3.05) is 12.3 Å². The number of carbonyl (C=O) groups excluding carboxylic acids is 1. The molecule has 0 fully saturated rings. The molecule has 1 aromatic carbocycles. The molecule has 0 N–H and O–H groups in total. The number of benzene rings is 1. The van der Waals surface area contributed by atoms with Gasteiger partial charge in [-0.2, -0.15) is 4.68 Å². The van der Waals surface area contributed by atoms with Gasteiger partial charge in [0.15, 0.2) is 0 Å². The van der Waals surface area contributed by atoms with Crippen molar-refractivity contribution in [2.45, 2.75) is 18.6 Å². The number of rotatable bonds is 7. The predicted molar refractivity (Wildman–Crippen MR) is 95.3 cm³/mol. The Balaban J connectivity index is 1.63. The third-order valence-corrected chi connectivity index (χ3v) is 5.19. The lowest BCUT2D eigenvalue weighted by molar-refractivity contribution is -0.128. The summed E-state index contributed by atoms with van der Waals surface area (Å²) in [4.78, 5) is 15.5. The summed E-state index contributed by atoms with van der Waals surface area (Å²) < 4.78 is 1.65. The van der Waals surface area contributed by atoms with E-state index in [4.69, 9.17) is 0 Å². The first-order valence-electron chi connectivity index (χ1n) is 7.54. The van der Waals surface area contributed by atoms with E-state index in [2.05, 4.69) is 15.5 Å². The van der Waals surface area contributed by atoms with Gasteiger partial charge in [-0.25, -0.2) is 0 Å². The first-order chi connectivity index (χ1) is 11.8. The number of tetrazole rings is 1. The largest absolute Gasteiger partial charge is 0.337 e. The van der Waals surface area contributed by atoms with Crippen LogP contribution in [0, 0.1) is 0 Å². The zero-order valence-corrected chi connectivity index (χ0v) is 14.8. The minimum absolute atomic E-state index is 0.0820. The quantitative estimate of drug-likeness (QED) is 0.607. The first kappa shape index (κ1) is 16.7. The molecular weight excluding hydrogens is 342 g/mol. The van der Waals surface area contributed by atoms with Gasteiger partial charge >= 0.3 is 0 Å². The standard InChI is InChI=1S/C16H17N5OS2/c1-2-20(11-14-9-6-10-23-14)15(22)12-24-16-17-18-19-21(16)13-7-4-3-5-8-13/h3-10H,2,11-12H2,1H3. The number of hydrogen-bond acceptors (Lipinski definition) is 6. The van der Waals surface area contributed by atoms with Crippen molar-refractivity contribution in [3.63, 3.8) is 0 Å². The molecule has 3 aromatic rings. The van der Waals surface area contributed by atoms with Gasteiger partial charge in [-0.05, 0) is 40.9 Å². The molecule has 1 amide bonds. The molecule has 0 saturated heterocycles. The molecule has 6 nitrogen and oxygen atoms in total. The third kappa shape index (κ3) is 4.01. The molecule has 0 aliphatic rings. The number of thioether (sulfide) groups is 1. The van der Waals surface area contributed by atoms with E-state index in [1.54, 1.807) is 16.0 Å². The Morgan fingerprint density at radius 3 is 2.79 bits per heavy atom. The first-order valence-corrected chi connectivity index (χ1v) is 9.41. The minimum Gasteiger partial charge on any atom is -0.337 e. The van der Waals surface area contributed by atoms with E-state index in [1.165, 1.54) is 16.6 Å². The summed E-state index contributed by atoms with van der Waals surface area (Å²) in [5.41, 5.74) is 0.878. The number of aromatic nitrogens is 4. The number of nitrogens with zero attached hydrogens (tertiary/aromatic N) is 5. The fraction of sp³-hybridized carbons (Fsp3) is 0.250. The van der Waals surface area contributed by atoms with Crippen LogP contribution in [0.3, 0.4) is 0 Å². The molecule has 0 unspecified atom stereocenters. The smallest absolute Gasteiger partial charge is 0.233 e. The van der Waals surface area contributed by atoms with E-state index in [9.17, 15) is 4.79 Å². The number of amides is 1. The van der Waals surface area contributed by atoms with E-state index in [1.807, 2.05) is 59.7 Å². The maximum atomic E-state index is 12.5. The SMILES string of the molecule is CCN(Cc1cccs1)C(=O)CSc1nnnn1-c1ccccc1. The Bertz CT molecular complexity index is 773. The van der Waals surface area contributed by atoms with Crippen molar-refractivity contribution in [3.8, 4) is 5.69 Å². The molecule has 0 aliphatic carbocycles. The molecule has 8 heteroatoms. The molecular formula is C16H17N5OS2. The fourth-order valence-electron chi connectivity index (χ4n) is 2.18. The van der Waals surface area contributed by atoms with Gasteiger partial charge in [0.2, 0.25) is 11.1 Å². The summed E-state index contributed by atoms with van der Waals surface area (Å²) in [5.74, 6) is 0.394. The highest BCUT2D eigenvalue weighted by molar-refractivity contribution is 7.99. The van der Waals surface area contributed by atoms with E-state index < -0.39 is 0 Å². The number of thiophene rings is 1. The van der Waals surface area contributed by atoms with Crippen LogP contribution in [0.5, 0.6) is 0 Å². The Hall–Kier alpha value is -2.19. The summed E-state index contributed by atoms with van der Waals surface area (Å²) in [6.07, 6.45) is 0. The van der Waals surface area contributed by atoms with Crippen LogP contribution >= 0.6 is 23.1 Å². The van der Waals surface area contributed by atoms with Gasteiger partial charge in [-0.3, -0.25) is 4.79 Å². The summed E-state index contributed by atoms with van der Waals surface area (Å²) in [6, 6.07) is 13.7. The fourth-order valence-corrected chi connectivity index (χ4v) is 3.70. The summed E-state index contributed by atoms with van der Waals surface area (Å²) >= 11 is 3.01. The average Bonchev–Trinajstić information content (AvgIpc) is 3.30.